The average Bonchev–Trinajstić information content (AvgIpc) is 2.93. The zero-order valence-corrected chi connectivity index (χ0v) is 14.1. The number of aromatic amines is 1. The minimum Gasteiger partial charge on any atom is -0.354 e. The minimum absolute atomic E-state index is 0.0850. The summed E-state index contributed by atoms with van der Waals surface area (Å²) in [6.45, 7) is 3.57. The van der Waals surface area contributed by atoms with Crippen molar-refractivity contribution in [3.8, 4) is 0 Å². The molecule has 124 valence electrons. The maximum Gasteiger partial charge on any atom is 0.221 e. The highest BCUT2D eigenvalue weighted by Gasteiger charge is 2.08. The second-order valence-corrected chi connectivity index (χ2v) is 6.18. The highest BCUT2D eigenvalue weighted by atomic mass is 16.1. The van der Waals surface area contributed by atoms with Gasteiger partial charge in [-0.25, -0.2) is 4.98 Å². The van der Waals surface area contributed by atoms with E-state index in [0.29, 0.717) is 0 Å². The van der Waals surface area contributed by atoms with Crippen molar-refractivity contribution in [2.45, 2.75) is 13.8 Å². The first-order chi connectivity index (χ1) is 12.1. The zero-order chi connectivity index (χ0) is 17.4. The molecule has 0 saturated heterocycles. The van der Waals surface area contributed by atoms with Crippen LogP contribution in [0.15, 0.2) is 54.7 Å². The van der Waals surface area contributed by atoms with E-state index in [-0.39, 0.29) is 5.91 Å². The van der Waals surface area contributed by atoms with Crippen molar-refractivity contribution in [1.29, 1.82) is 0 Å². The van der Waals surface area contributed by atoms with Crippen molar-refractivity contribution in [3.05, 3.63) is 60.3 Å². The number of amides is 1. The molecule has 0 radical (unpaired) electrons. The Kier molecular flexibility index (Phi) is 3.61. The Morgan fingerprint density at radius 2 is 1.72 bits per heavy atom. The first kappa shape index (κ1) is 15.2. The molecule has 2 aromatic heterocycles. The standard InChI is InChI=1S/C20H18N4O/c1-12-3-5-14(6-4-12)23-16-9-18-17-8-7-15(22-13(2)25)10-19(17)24-20(18)21-11-16/h3-11,23H,1-2H3,(H,21,24)(H,22,25). The Morgan fingerprint density at radius 1 is 0.960 bits per heavy atom. The second kappa shape index (κ2) is 5.94. The van der Waals surface area contributed by atoms with Gasteiger partial charge in [-0.2, -0.15) is 0 Å². The number of hydrogen-bond donors (Lipinski definition) is 3. The number of pyridine rings is 1. The van der Waals surface area contributed by atoms with Gasteiger partial charge in [-0.15, -0.1) is 0 Å². The van der Waals surface area contributed by atoms with Crippen LogP contribution in [0.1, 0.15) is 12.5 Å². The van der Waals surface area contributed by atoms with Gasteiger partial charge in [0, 0.05) is 34.6 Å². The lowest BCUT2D eigenvalue weighted by Gasteiger charge is -2.06. The SMILES string of the molecule is CC(=O)Nc1ccc2c(c1)[nH]c1ncc(Nc3ccc(C)cc3)cc12. The molecule has 3 N–H and O–H groups in total. The summed E-state index contributed by atoms with van der Waals surface area (Å²) in [5.41, 5.74) is 5.73. The van der Waals surface area contributed by atoms with Gasteiger partial charge < -0.3 is 15.6 Å². The number of aryl methyl sites for hydroxylation is 1. The Balaban J connectivity index is 1.72. The molecule has 2 aromatic carbocycles. The number of nitrogens with one attached hydrogen (secondary N) is 3. The Hall–Kier alpha value is -3.34. The number of aromatic nitrogens is 2. The molecule has 0 atom stereocenters. The summed E-state index contributed by atoms with van der Waals surface area (Å²) in [5, 5.41) is 8.30. The van der Waals surface area contributed by atoms with Gasteiger partial charge in [-0.05, 0) is 37.3 Å². The van der Waals surface area contributed by atoms with E-state index < -0.39 is 0 Å². The summed E-state index contributed by atoms with van der Waals surface area (Å²) in [5.74, 6) is -0.0850. The molecule has 0 saturated carbocycles. The molecule has 0 aliphatic carbocycles. The third kappa shape index (κ3) is 3.04. The van der Waals surface area contributed by atoms with Crippen LogP contribution in [0.2, 0.25) is 0 Å². The third-order valence-corrected chi connectivity index (χ3v) is 4.11. The summed E-state index contributed by atoms with van der Waals surface area (Å²) in [6, 6.07) is 16.1. The molecule has 5 nitrogen and oxygen atoms in total. The van der Waals surface area contributed by atoms with Crippen LogP contribution < -0.4 is 10.6 Å². The van der Waals surface area contributed by atoms with Crippen LogP contribution in [-0.4, -0.2) is 15.9 Å². The van der Waals surface area contributed by atoms with Crippen LogP contribution in [0.4, 0.5) is 17.1 Å². The molecular formula is C20H18N4O. The van der Waals surface area contributed by atoms with E-state index in [1.54, 1.807) is 0 Å². The minimum atomic E-state index is -0.0850. The summed E-state index contributed by atoms with van der Waals surface area (Å²) in [7, 11) is 0. The van der Waals surface area contributed by atoms with Gasteiger partial charge in [0.1, 0.15) is 5.65 Å². The molecule has 4 aromatic rings. The van der Waals surface area contributed by atoms with Crippen LogP contribution in [0, 0.1) is 6.92 Å². The summed E-state index contributed by atoms with van der Waals surface area (Å²) >= 11 is 0. The van der Waals surface area contributed by atoms with Gasteiger partial charge in [0.15, 0.2) is 0 Å². The molecule has 1 amide bonds. The fourth-order valence-corrected chi connectivity index (χ4v) is 2.93. The quantitative estimate of drug-likeness (QED) is 0.509. The number of H-pyrrole nitrogens is 1. The number of benzene rings is 2. The van der Waals surface area contributed by atoms with Crippen molar-refractivity contribution in [2.75, 3.05) is 10.6 Å². The number of fused-ring (bicyclic) bond motifs is 3. The van der Waals surface area contributed by atoms with Crippen LogP contribution >= 0.6 is 0 Å². The van der Waals surface area contributed by atoms with Crippen LogP contribution in [0.25, 0.3) is 21.9 Å². The largest absolute Gasteiger partial charge is 0.354 e. The molecule has 0 spiro atoms. The molecule has 5 heteroatoms. The van der Waals surface area contributed by atoms with Crippen molar-refractivity contribution in [2.24, 2.45) is 0 Å². The molecular weight excluding hydrogens is 312 g/mol. The monoisotopic (exact) mass is 330 g/mol. The Morgan fingerprint density at radius 3 is 2.48 bits per heavy atom. The van der Waals surface area contributed by atoms with Crippen molar-refractivity contribution < 1.29 is 4.79 Å². The molecule has 0 fully saturated rings. The molecule has 0 unspecified atom stereocenters. The highest BCUT2D eigenvalue weighted by molar-refractivity contribution is 6.08. The lowest BCUT2D eigenvalue weighted by atomic mass is 10.1. The van der Waals surface area contributed by atoms with Gasteiger partial charge in [-0.1, -0.05) is 23.8 Å². The average molecular weight is 330 g/mol. The van der Waals surface area contributed by atoms with E-state index in [4.69, 9.17) is 0 Å². The van der Waals surface area contributed by atoms with Gasteiger partial charge in [0.2, 0.25) is 5.91 Å². The van der Waals surface area contributed by atoms with Gasteiger partial charge >= 0.3 is 0 Å². The topological polar surface area (TPSA) is 69.8 Å². The maximum atomic E-state index is 11.2. The maximum absolute atomic E-state index is 11.2. The van der Waals surface area contributed by atoms with E-state index in [2.05, 4.69) is 57.9 Å². The molecule has 4 rings (SSSR count). The first-order valence-electron chi connectivity index (χ1n) is 8.11. The Bertz CT molecular complexity index is 1080. The Labute approximate surface area is 145 Å². The van der Waals surface area contributed by atoms with Gasteiger partial charge in [-0.3, -0.25) is 4.79 Å². The van der Waals surface area contributed by atoms with E-state index >= 15 is 0 Å². The molecule has 2 heterocycles. The summed E-state index contributed by atoms with van der Waals surface area (Å²) in [4.78, 5) is 19.0. The number of carbonyl (C=O) groups is 1. The van der Waals surface area contributed by atoms with E-state index in [1.165, 1.54) is 12.5 Å². The molecule has 0 bridgehead atoms. The molecule has 0 aliphatic heterocycles. The van der Waals surface area contributed by atoms with Crippen molar-refractivity contribution in [1.82, 2.24) is 9.97 Å². The predicted octanol–water partition coefficient (Wildman–Crippen LogP) is 4.73. The van der Waals surface area contributed by atoms with Crippen LogP contribution in [0.3, 0.4) is 0 Å². The lowest BCUT2D eigenvalue weighted by Crippen LogP contribution is -2.05. The van der Waals surface area contributed by atoms with Crippen molar-refractivity contribution in [3.63, 3.8) is 0 Å². The summed E-state index contributed by atoms with van der Waals surface area (Å²) in [6.07, 6.45) is 1.81. The molecule has 0 aliphatic rings. The van der Waals surface area contributed by atoms with Crippen LogP contribution in [0.5, 0.6) is 0 Å². The molecule has 25 heavy (non-hydrogen) atoms. The summed E-state index contributed by atoms with van der Waals surface area (Å²) < 4.78 is 0. The van der Waals surface area contributed by atoms with Crippen LogP contribution in [-0.2, 0) is 4.79 Å². The fraction of sp³-hybridized carbons (Fsp3) is 0.100. The number of nitrogens with zero attached hydrogens (tertiary/aromatic N) is 1. The van der Waals surface area contributed by atoms with Crippen molar-refractivity contribution >= 4 is 44.9 Å². The van der Waals surface area contributed by atoms with Gasteiger partial charge in [0.25, 0.3) is 0 Å². The number of hydrogen-bond acceptors (Lipinski definition) is 3. The fourth-order valence-electron chi connectivity index (χ4n) is 2.93. The third-order valence-electron chi connectivity index (χ3n) is 4.11. The van der Waals surface area contributed by atoms with Gasteiger partial charge in [0.05, 0.1) is 11.9 Å². The second-order valence-electron chi connectivity index (χ2n) is 6.18. The zero-order valence-electron chi connectivity index (χ0n) is 14.1. The number of anilines is 3. The van der Waals surface area contributed by atoms with E-state index in [1.807, 2.05) is 24.4 Å². The number of carbonyl (C=O) groups excluding carboxylic acids is 1. The lowest BCUT2D eigenvalue weighted by molar-refractivity contribution is -0.114. The number of rotatable bonds is 3. The highest BCUT2D eigenvalue weighted by Crippen LogP contribution is 2.29. The normalized spacial score (nSPS) is 11.0. The first-order valence-corrected chi connectivity index (χ1v) is 8.11. The van der Waals surface area contributed by atoms with E-state index in [9.17, 15) is 4.79 Å². The predicted molar refractivity (Wildman–Crippen MR) is 102 cm³/mol. The smallest absolute Gasteiger partial charge is 0.221 e. The van der Waals surface area contributed by atoms with E-state index in [0.717, 1.165) is 39.0 Å².